The average molecular weight is 262 g/mol. The Kier molecular flexibility index (Phi) is 4.44. The Balaban J connectivity index is 2.80. The van der Waals surface area contributed by atoms with Crippen LogP contribution in [0, 0.1) is 5.92 Å². The number of anilines is 1. The predicted octanol–water partition coefficient (Wildman–Crippen LogP) is 3.15. The van der Waals surface area contributed by atoms with Crippen molar-refractivity contribution in [2.24, 2.45) is 5.92 Å². The maximum atomic E-state index is 10.7. The Hall–Kier alpha value is -0.930. The first-order chi connectivity index (χ1) is 7.40. The Morgan fingerprint density at radius 2 is 1.88 bits per heavy atom. The minimum absolute atomic E-state index is 0.409. The van der Waals surface area contributed by atoms with Crippen LogP contribution in [0.2, 0.25) is 10.0 Å². The molecule has 0 aromatic heterocycles. The van der Waals surface area contributed by atoms with Crippen LogP contribution in [0.1, 0.15) is 6.92 Å². The molecule has 0 fully saturated rings. The lowest BCUT2D eigenvalue weighted by Gasteiger charge is -2.21. The topological polar surface area (TPSA) is 40.5 Å². The van der Waals surface area contributed by atoms with Crippen molar-refractivity contribution < 1.29 is 9.90 Å². The first kappa shape index (κ1) is 13.1. The standard InChI is InChI=1S/C11H13Cl2NO2/c1-7(11(15)16)6-14(2)10-4-8(12)3-9(13)5-10/h3-5,7H,6H2,1-2H3,(H,15,16). The molecule has 0 aliphatic rings. The number of carboxylic acid groups (broad SMARTS) is 1. The molecular formula is C11H13Cl2NO2. The van der Waals surface area contributed by atoms with Crippen LogP contribution in [0.25, 0.3) is 0 Å². The van der Waals surface area contributed by atoms with Crippen molar-refractivity contribution >= 4 is 34.9 Å². The number of halogens is 2. The third-order valence-corrected chi connectivity index (χ3v) is 2.69. The number of nitrogens with zero attached hydrogens (tertiary/aromatic N) is 1. The maximum Gasteiger partial charge on any atom is 0.308 e. The lowest BCUT2D eigenvalue weighted by molar-refractivity contribution is -0.140. The molecule has 0 aliphatic carbocycles. The molecular weight excluding hydrogens is 249 g/mol. The van der Waals surface area contributed by atoms with E-state index in [0.29, 0.717) is 16.6 Å². The molecule has 1 atom stereocenters. The second kappa shape index (κ2) is 5.41. The minimum atomic E-state index is -0.819. The van der Waals surface area contributed by atoms with Crippen LogP contribution < -0.4 is 4.90 Å². The highest BCUT2D eigenvalue weighted by atomic mass is 35.5. The molecule has 0 saturated carbocycles. The number of aliphatic carboxylic acids is 1. The van der Waals surface area contributed by atoms with E-state index in [4.69, 9.17) is 28.3 Å². The summed E-state index contributed by atoms with van der Waals surface area (Å²) in [6.45, 7) is 2.07. The molecule has 0 heterocycles. The fourth-order valence-electron chi connectivity index (χ4n) is 1.35. The molecule has 1 aromatic carbocycles. The summed E-state index contributed by atoms with van der Waals surface area (Å²) >= 11 is 11.7. The Morgan fingerprint density at radius 1 is 1.38 bits per heavy atom. The van der Waals surface area contributed by atoms with Gasteiger partial charge in [-0.25, -0.2) is 0 Å². The van der Waals surface area contributed by atoms with Crippen LogP contribution in [0.4, 0.5) is 5.69 Å². The van der Waals surface area contributed by atoms with Gasteiger partial charge in [0.1, 0.15) is 0 Å². The Bertz CT molecular complexity index is 375. The molecule has 0 aliphatic heterocycles. The van der Waals surface area contributed by atoms with Gasteiger partial charge in [-0.3, -0.25) is 4.79 Å². The lowest BCUT2D eigenvalue weighted by Crippen LogP contribution is -2.28. The minimum Gasteiger partial charge on any atom is -0.481 e. The molecule has 16 heavy (non-hydrogen) atoms. The number of carboxylic acids is 1. The first-order valence-corrected chi connectivity index (χ1v) is 5.55. The van der Waals surface area contributed by atoms with Gasteiger partial charge in [0, 0.05) is 29.3 Å². The summed E-state index contributed by atoms with van der Waals surface area (Å²) in [7, 11) is 1.81. The largest absolute Gasteiger partial charge is 0.481 e. The Morgan fingerprint density at radius 3 is 2.31 bits per heavy atom. The zero-order valence-corrected chi connectivity index (χ0v) is 10.6. The van der Waals surface area contributed by atoms with Crippen LogP contribution in [-0.2, 0) is 4.79 Å². The molecule has 1 unspecified atom stereocenters. The van der Waals surface area contributed by atoms with Crippen molar-refractivity contribution in [1.29, 1.82) is 0 Å². The van der Waals surface area contributed by atoms with E-state index in [1.165, 1.54) is 0 Å². The zero-order valence-electron chi connectivity index (χ0n) is 9.08. The smallest absolute Gasteiger partial charge is 0.308 e. The first-order valence-electron chi connectivity index (χ1n) is 4.80. The SMILES string of the molecule is CC(CN(C)c1cc(Cl)cc(Cl)c1)C(=O)O. The van der Waals surface area contributed by atoms with Gasteiger partial charge in [0.25, 0.3) is 0 Å². The van der Waals surface area contributed by atoms with E-state index in [1.807, 2.05) is 4.90 Å². The summed E-state index contributed by atoms with van der Waals surface area (Å²) in [5, 5.41) is 9.89. The van der Waals surface area contributed by atoms with Crippen LogP contribution in [0.5, 0.6) is 0 Å². The summed E-state index contributed by atoms with van der Waals surface area (Å²) in [5.41, 5.74) is 0.811. The normalized spacial score (nSPS) is 12.2. The molecule has 0 radical (unpaired) electrons. The van der Waals surface area contributed by atoms with E-state index in [1.54, 1.807) is 32.2 Å². The van der Waals surface area contributed by atoms with Crippen molar-refractivity contribution in [2.45, 2.75) is 6.92 Å². The van der Waals surface area contributed by atoms with Gasteiger partial charge in [0.15, 0.2) is 0 Å². The quantitative estimate of drug-likeness (QED) is 0.906. The van der Waals surface area contributed by atoms with Crippen LogP contribution in [0.15, 0.2) is 18.2 Å². The molecule has 0 spiro atoms. The van der Waals surface area contributed by atoms with Gasteiger partial charge >= 0.3 is 5.97 Å². The van der Waals surface area contributed by atoms with E-state index in [9.17, 15) is 4.79 Å². The second-order valence-electron chi connectivity index (χ2n) is 3.75. The van der Waals surface area contributed by atoms with Crippen molar-refractivity contribution in [3.8, 4) is 0 Å². The molecule has 0 amide bonds. The van der Waals surface area contributed by atoms with E-state index >= 15 is 0 Å². The fraction of sp³-hybridized carbons (Fsp3) is 0.364. The predicted molar refractivity (Wildman–Crippen MR) is 66.5 cm³/mol. The number of benzene rings is 1. The number of carbonyl (C=O) groups is 1. The number of rotatable bonds is 4. The van der Waals surface area contributed by atoms with Crippen molar-refractivity contribution in [2.75, 3.05) is 18.5 Å². The van der Waals surface area contributed by atoms with Crippen molar-refractivity contribution in [3.05, 3.63) is 28.2 Å². The van der Waals surface area contributed by atoms with Gasteiger partial charge in [0.05, 0.1) is 5.92 Å². The van der Waals surface area contributed by atoms with Crippen molar-refractivity contribution in [1.82, 2.24) is 0 Å². The molecule has 5 heteroatoms. The monoisotopic (exact) mass is 261 g/mol. The summed E-state index contributed by atoms with van der Waals surface area (Å²) in [4.78, 5) is 12.5. The zero-order chi connectivity index (χ0) is 12.3. The van der Waals surface area contributed by atoms with E-state index < -0.39 is 11.9 Å². The molecule has 1 N–H and O–H groups in total. The van der Waals surface area contributed by atoms with Crippen LogP contribution in [-0.4, -0.2) is 24.7 Å². The highest BCUT2D eigenvalue weighted by molar-refractivity contribution is 6.35. The third kappa shape index (κ3) is 3.58. The molecule has 1 rings (SSSR count). The van der Waals surface area contributed by atoms with E-state index in [-0.39, 0.29) is 0 Å². The van der Waals surface area contributed by atoms with Gasteiger partial charge in [0.2, 0.25) is 0 Å². The maximum absolute atomic E-state index is 10.7. The number of hydrogen-bond donors (Lipinski definition) is 1. The van der Waals surface area contributed by atoms with Gasteiger partial charge in [-0.15, -0.1) is 0 Å². The Labute approximate surface area is 105 Å². The molecule has 0 saturated heterocycles. The van der Waals surface area contributed by atoms with Gasteiger partial charge < -0.3 is 10.0 Å². The lowest BCUT2D eigenvalue weighted by atomic mass is 10.1. The van der Waals surface area contributed by atoms with Gasteiger partial charge in [-0.2, -0.15) is 0 Å². The van der Waals surface area contributed by atoms with Crippen LogP contribution >= 0.6 is 23.2 Å². The van der Waals surface area contributed by atoms with Gasteiger partial charge in [-0.05, 0) is 18.2 Å². The highest BCUT2D eigenvalue weighted by Gasteiger charge is 2.14. The summed E-state index contributed by atoms with van der Waals surface area (Å²) in [6, 6.07) is 5.14. The molecule has 0 bridgehead atoms. The second-order valence-corrected chi connectivity index (χ2v) is 4.62. The number of hydrogen-bond acceptors (Lipinski definition) is 2. The summed E-state index contributed by atoms with van der Waals surface area (Å²) in [6.07, 6.45) is 0. The summed E-state index contributed by atoms with van der Waals surface area (Å²) in [5.74, 6) is -1.26. The highest BCUT2D eigenvalue weighted by Crippen LogP contribution is 2.25. The summed E-state index contributed by atoms with van der Waals surface area (Å²) < 4.78 is 0. The average Bonchev–Trinajstić information content (AvgIpc) is 2.15. The van der Waals surface area contributed by atoms with Gasteiger partial charge in [-0.1, -0.05) is 30.1 Å². The fourth-order valence-corrected chi connectivity index (χ4v) is 1.87. The molecule has 3 nitrogen and oxygen atoms in total. The molecule has 88 valence electrons. The van der Waals surface area contributed by atoms with Crippen molar-refractivity contribution in [3.63, 3.8) is 0 Å². The molecule has 1 aromatic rings. The van der Waals surface area contributed by atoms with E-state index in [0.717, 1.165) is 5.69 Å². The van der Waals surface area contributed by atoms with E-state index in [2.05, 4.69) is 0 Å². The van der Waals surface area contributed by atoms with Crippen LogP contribution in [0.3, 0.4) is 0 Å². The third-order valence-electron chi connectivity index (χ3n) is 2.26.